The van der Waals surface area contributed by atoms with Gasteiger partial charge in [-0.05, 0) is 45.4 Å². The largest absolute Gasteiger partial charge is 0.501 e. The van der Waals surface area contributed by atoms with E-state index >= 15 is 0 Å². The van der Waals surface area contributed by atoms with Gasteiger partial charge in [0.2, 0.25) is 0 Å². The van der Waals surface area contributed by atoms with Crippen molar-refractivity contribution >= 4 is 0 Å². The van der Waals surface area contributed by atoms with E-state index in [4.69, 9.17) is 10.5 Å². The summed E-state index contributed by atoms with van der Waals surface area (Å²) in [4.78, 5) is 2.33. The average Bonchev–Trinajstić information content (AvgIpc) is 2.79. The van der Waals surface area contributed by atoms with E-state index in [1.807, 2.05) is 6.26 Å². The van der Waals surface area contributed by atoms with Crippen LogP contribution >= 0.6 is 0 Å². The fourth-order valence-corrected chi connectivity index (χ4v) is 3.18. The van der Waals surface area contributed by atoms with E-state index in [-0.39, 0.29) is 11.6 Å². The molecular formula is C13H24N2O. The Hall–Kier alpha value is -0.540. The van der Waals surface area contributed by atoms with Gasteiger partial charge in [0.05, 0.1) is 12.9 Å². The molecule has 0 bridgehead atoms. The maximum Gasteiger partial charge on any atom is 0.0876 e. The highest BCUT2D eigenvalue weighted by Crippen LogP contribution is 2.39. The molecule has 1 saturated carbocycles. The predicted octanol–water partition coefficient (Wildman–Crippen LogP) is 1.88. The van der Waals surface area contributed by atoms with Crippen LogP contribution in [0.2, 0.25) is 0 Å². The lowest BCUT2D eigenvalue weighted by molar-refractivity contribution is 0.127. The average molecular weight is 224 g/mol. The molecule has 16 heavy (non-hydrogen) atoms. The Labute approximate surface area is 98.6 Å². The van der Waals surface area contributed by atoms with E-state index in [0.717, 1.165) is 19.4 Å². The third kappa shape index (κ3) is 1.98. The first kappa shape index (κ1) is 11.9. The van der Waals surface area contributed by atoms with Gasteiger partial charge in [-0.2, -0.15) is 0 Å². The smallest absolute Gasteiger partial charge is 0.0876 e. The van der Waals surface area contributed by atoms with Crippen molar-refractivity contribution in [3.05, 3.63) is 11.8 Å². The third-order valence-electron chi connectivity index (χ3n) is 4.30. The maximum atomic E-state index is 6.50. The number of rotatable bonds is 3. The minimum Gasteiger partial charge on any atom is -0.501 e. The second-order valence-electron chi connectivity index (χ2n) is 5.35. The highest BCUT2D eigenvalue weighted by atomic mass is 16.5. The quantitative estimate of drug-likeness (QED) is 0.795. The molecule has 2 N–H and O–H groups in total. The highest BCUT2D eigenvalue weighted by Gasteiger charge is 2.43. The van der Waals surface area contributed by atoms with Gasteiger partial charge in [-0.25, -0.2) is 0 Å². The lowest BCUT2D eigenvalue weighted by Gasteiger charge is -2.43. The summed E-state index contributed by atoms with van der Waals surface area (Å²) >= 11 is 0. The number of hydrogen-bond acceptors (Lipinski definition) is 3. The molecule has 1 unspecified atom stereocenters. The number of nitrogens with two attached hydrogens (primary N) is 1. The predicted molar refractivity (Wildman–Crippen MR) is 66.1 cm³/mol. The summed E-state index contributed by atoms with van der Waals surface area (Å²) in [6.07, 6.45) is 9.19. The summed E-state index contributed by atoms with van der Waals surface area (Å²) in [5.74, 6) is 0. The van der Waals surface area contributed by atoms with Crippen LogP contribution in [0.1, 0.15) is 38.5 Å². The van der Waals surface area contributed by atoms with Crippen molar-refractivity contribution in [2.75, 3.05) is 20.7 Å². The van der Waals surface area contributed by atoms with Crippen LogP contribution in [0.3, 0.4) is 0 Å². The van der Waals surface area contributed by atoms with Gasteiger partial charge < -0.3 is 15.4 Å². The van der Waals surface area contributed by atoms with E-state index < -0.39 is 0 Å². The Morgan fingerprint density at radius 2 is 2.00 bits per heavy atom. The molecular weight excluding hydrogens is 200 g/mol. The molecule has 92 valence electrons. The van der Waals surface area contributed by atoms with Crippen LogP contribution < -0.4 is 5.73 Å². The van der Waals surface area contributed by atoms with Gasteiger partial charge >= 0.3 is 0 Å². The molecule has 3 heteroatoms. The van der Waals surface area contributed by atoms with Crippen LogP contribution in [-0.2, 0) is 4.74 Å². The molecule has 1 fully saturated rings. The Morgan fingerprint density at radius 3 is 2.50 bits per heavy atom. The molecule has 1 atom stereocenters. The molecule has 0 aromatic heterocycles. The van der Waals surface area contributed by atoms with Crippen molar-refractivity contribution in [1.82, 2.24) is 4.90 Å². The standard InChI is InChI=1S/C13H24N2O/c1-15(2)13(7-3-4-8-13)12(14)11-6-5-9-16-10-11/h10,12H,3-9,14H2,1-2H3. The monoisotopic (exact) mass is 224 g/mol. The van der Waals surface area contributed by atoms with Crippen molar-refractivity contribution in [3.63, 3.8) is 0 Å². The second kappa shape index (κ2) is 4.76. The Balaban J connectivity index is 2.16. The molecule has 1 aliphatic carbocycles. The fraction of sp³-hybridized carbons (Fsp3) is 0.846. The van der Waals surface area contributed by atoms with E-state index in [1.165, 1.54) is 31.3 Å². The fourth-order valence-electron chi connectivity index (χ4n) is 3.18. The van der Waals surface area contributed by atoms with Crippen molar-refractivity contribution in [3.8, 4) is 0 Å². The lowest BCUT2D eigenvalue weighted by Crippen LogP contribution is -2.56. The van der Waals surface area contributed by atoms with Gasteiger partial charge in [0, 0.05) is 11.6 Å². The van der Waals surface area contributed by atoms with Crippen molar-refractivity contribution < 1.29 is 4.74 Å². The normalized spacial score (nSPS) is 26.4. The van der Waals surface area contributed by atoms with Crippen molar-refractivity contribution in [2.45, 2.75) is 50.1 Å². The highest BCUT2D eigenvalue weighted by molar-refractivity contribution is 5.19. The first-order chi connectivity index (χ1) is 7.67. The Bertz CT molecular complexity index is 267. The molecule has 0 saturated heterocycles. The van der Waals surface area contributed by atoms with Gasteiger partial charge in [-0.3, -0.25) is 0 Å². The molecule has 2 rings (SSSR count). The minimum absolute atomic E-state index is 0.144. The first-order valence-corrected chi connectivity index (χ1v) is 6.40. The number of ether oxygens (including phenoxy) is 1. The Kier molecular flexibility index (Phi) is 3.55. The molecule has 0 aromatic carbocycles. The number of nitrogens with zero attached hydrogens (tertiary/aromatic N) is 1. The summed E-state index contributed by atoms with van der Waals surface area (Å²) < 4.78 is 5.43. The molecule has 0 spiro atoms. The van der Waals surface area contributed by atoms with Gasteiger partial charge in [0.15, 0.2) is 0 Å². The summed E-state index contributed by atoms with van der Waals surface area (Å²) in [6.45, 7) is 0.852. The summed E-state index contributed by atoms with van der Waals surface area (Å²) in [6, 6.07) is 0.144. The lowest BCUT2D eigenvalue weighted by atomic mass is 9.81. The minimum atomic E-state index is 0.144. The van der Waals surface area contributed by atoms with Crippen LogP contribution in [0.4, 0.5) is 0 Å². The summed E-state index contributed by atoms with van der Waals surface area (Å²) in [5.41, 5.74) is 7.98. The van der Waals surface area contributed by atoms with Gasteiger partial charge in [0.1, 0.15) is 0 Å². The SMILES string of the molecule is CN(C)C1(C(N)C2=COCCC2)CCCC1. The molecule has 0 radical (unpaired) electrons. The van der Waals surface area contributed by atoms with E-state index in [9.17, 15) is 0 Å². The molecule has 1 aliphatic heterocycles. The van der Waals surface area contributed by atoms with Crippen molar-refractivity contribution in [2.24, 2.45) is 5.73 Å². The zero-order valence-electron chi connectivity index (χ0n) is 10.5. The van der Waals surface area contributed by atoms with Gasteiger partial charge in [-0.1, -0.05) is 12.8 Å². The Morgan fingerprint density at radius 1 is 1.31 bits per heavy atom. The summed E-state index contributed by atoms with van der Waals surface area (Å²) in [5, 5.41) is 0. The molecule has 1 heterocycles. The molecule has 3 nitrogen and oxygen atoms in total. The maximum absolute atomic E-state index is 6.50. The summed E-state index contributed by atoms with van der Waals surface area (Å²) in [7, 11) is 4.32. The number of likely N-dealkylation sites (N-methyl/N-ethyl adjacent to an activating group) is 1. The third-order valence-corrected chi connectivity index (χ3v) is 4.30. The molecule has 2 aliphatic rings. The molecule has 0 amide bonds. The topological polar surface area (TPSA) is 38.5 Å². The van der Waals surface area contributed by atoms with E-state index in [0.29, 0.717) is 0 Å². The zero-order valence-corrected chi connectivity index (χ0v) is 10.5. The van der Waals surface area contributed by atoms with Gasteiger partial charge in [-0.15, -0.1) is 0 Å². The van der Waals surface area contributed by atoms with Crippen LogP contribution in [-0.4, -0.2) is 37.2 Å². The van der Waals surface area contributed by atoms with E-state index in [2.05, 4.69) is 19.0 Å². The van der Waals surface area contributed by atoms with Crippen LogP contribution in [0, 0.1) is 0 Å². The van der Waals surface area contributed by atoms with Crippen LogP contribution in [0.25, 0.3) is 0 Å². The first-order valence-electron chi connectivity index (χ1n) is 6.40. The number of hydrogen-bond donors (Lipinski definition) is 1. The second-order valence-corrected chi connectivity index (χ2v) is 5.35. The molecule has 0 aromatic rings. The van der Waals surface area contributed by atoms with Crippen LogP contribution in [0.5, 0.6) is 0 Å². The van der Waals surface area contributed by atoms with Crippen LogP contribution in [0.15, 0.2) is 11.8 Å². The zero-order chi connectivity index (χ0) is 11.6. The van der Waals surface area contributed by atoms with Crippen molar-refractivity contribution in [1.29, 1.82) is 0 Å². The van der Waals surface area contributed by atoms with E-state index in [1.54, 1.807) is 0 Å². The van der Waals surface area contributed by atoms with Gasteiger partial charge in [0.25, 0.3) is 0 Å².